The molecule has 0 saturated heterocycles. The first kappa shape index (κ1) is 24.5. The summed E-state index contributed by atoms with van der Waals surface area (Å²) < 4.78 is 24.9. The third kappa shape index (κ3) is 4.92. The number of allylic oxidation sites excluding steroid dienone is 3. The molecule has 5 rings (SSSR count). The molecular formula is C31H28FNO4. The maximum absolute atomic E-state index is 13.7. The molecule has 0 unspecified atom stereocenters. The molecule has 2 atom stereocenters. The minimum Gasteiger partial charge on any atom is -0.489 e. The quantitative estimate of drug-likeness (QED) is 0.427. The van der Waals surface area contributed by atoms with Crippen LogP contribution in [0.15, 0.2) is 101 Å². The highest BCUT2D eigenvalue weighted by Crippen LogP contribution is 2.47. The van der Waals surface area contributed by atoms with E-state index in [9.17, 15) is 14.0 Å². The van der Waals surface area contributed by atoms with Crippen molar-refractivity contribution >= 4 is 11.8 Å². The Kier molecular flexibility index (Phi) is 6.91. The van der Waals surface area contributed by atoms with Gasteiger partial charge in [-0.05, 0) is 48.6 Å². The van der Waals surface area contributed by atoms with Crippen molar-refractivity contribution in [2.45, 2.75) is 38.2 Å². The van der Waals surface area contributed by atoms with Gasteiger partial charge in [0, 0.05) is 29.0 Å². The van der Waals surface area contributed by atoms with Gasteiger partial charge in [0.1, 0.15) is 18.2 Å². The van der Waals surface area contributed by atoms with Crippen molar-refractivity contribution in [2.75, 3.05) is 7.11 Å². The van der Waals surface area contributed by atoms with Gasteiger partial charge in [0.15, 0.2) is 5.78 Å². The lowest BCUT2D eigenvalue weighted by atomic mass is 9.71. The van der Waals surface area contributed by atoms with Crippen molar-refractivity contribution in [1.82, 2.24) is 5.32 Å². The van der Waals surface area contributed by atoms with Crippen LogP contribution < -0.4 is 10.1 Å². The number of ketones is 1. The SMILES string of the molecule is COC(=O)C1=C(C)NC2=C(C(=O)C[C@@H](c3ccc(F)cc3)C2)[C@H]1c1ccccc1OCc1ccccc1. The van der Waals surface area contributed by atoms with Gasteiger partial charge in [0.05, 0.1) is 18.6 Å². The number of hydrogen-bond acceptors (Lipinski definition) is 5. The van der Waals surface area contributed by atoms with Crippen LogP contribution in [0.5, 0.6) is 5.75 Å². The lowest BCUT2D eigenvalue weighted by molar-refractivity contribution is -0.136. The van der Waals surface area contributed by atoms with Crippen LogP contribution >= 0.6 is 0 Å². The number of carbonyl (C=O) groups excluding carboxylic acids is 2. The molecule has 188 valence electrons. The third-order valence-corrected chi connectivity index (χ3v) is 7.04. The zero-order valence-electron chi connectivity index (χ0n) is 20.8. The highest BCUT2D eigenvalue weighted by Gasteiger charge is 2.42. The number of benzene rings is 3. The average molecular weight is 498 g/mol. The van der Waals surface area contributed by atoms with E-state index >= 15 is 0 Å². The Morgan fingerprint density at radius 1 is 0.973 bits per heavy atom. The van der Waals surface area contributed by atoms with Crippen molar-refractivity contribution in [3.8, 4) is 5.75 Å². The van der Waals surface area contributed by atoms with E-state index in [1.807, 2.05) is 61.5 Å². The summed E-state index contributed by atoms with van der Waals surface area (Å²) in [6.07, 6.45) is 0.839. The van der Waals surface area contributed by atoms with Crippen molar-refractivity contribution in [1.29, 1.82) is 0 Å². The molecule has 37 heavy (non-hydrogen) atoms. The number of nitrogens with one attached hydrogen (secondary N) is 1. The van der Waals surface area contributed by atoms with Crippen LogP contribution in [0.3, 0.4) is 0 Å². The molecular weight excluding hydrogens is 469 g/mol. The second-order valence-corrected chi connectivity index (χ2v) is 9.37. The van der Waals surface area contributed by atoms with Gasteiger partial charge < -0.3 is 14.8 Å². The van der Waals surface area contributed by atoms with Crippen molar-refractivity contribution in [3.63, 3.8) is 0 Å². The number of dihydropyridines is 1. The van der Waals surface area contributed by atoms with E-state index in [-0.39, 0.29) is 23.9 Å². The van der Waals surface area contributed by atoms with E-state index in [1.54, 1.807) is 12.1 Å². The normalized spacial score (nSPS) is 19.3. The van der Waals surface area contributed by atoms with E-state index in [1.165, 1.54) is 19.2 Å². The topological polar surface area (TPSA) is 64.6 Å². The molecule has 3 aromatic rings. The number of ether oxygens (including phenoxy) is 2. The molecule has 2 aliphatic rings. The Morgan fingerprint density at radius 2 is 1.68 bits per heavy atom. The standard InChI is InChI=1S/C31H28FNO4/c1-19-28(31(35)36-2)29(24-10-6-7-11-27(24)37-18-20-8-4-3-5-9-20)30-25(33-19)16-22(17-26(30)34)21-12-14-23(32)15-13-21/h3-15,22,29,33H,16-18H2,1-2H3/t22-,29-/m0/s1. The van der Waals surface area contributed by atoms with Crippen LogP contribution in [0.4, 0.5) is 4.39 Å². The number of esters is 1. The number of halogens is 1. The smallest absolute Gasteiger partial charge is 0.336 e. The molecule has 5 nitrogen and oxygen atoms in total. The molecule has 0 spiro atoms. The highest BCUT2D eigenvalue weighted by atomic mass is 19.1. The summed E-state index contributed by atoms with van der Waals surface area (Å²) in [5.41, 5.74) is 5.02. The van der Waals surface area contributed by atoms with Gasteiger partial charge in [0.25, 0.3) is 0 Å². The predicted octanol–water partition coefficient (Wildman–Crippen LogP) is 5.94. The third-order valence-electron chi connectivity index (χ3n) is 7.04. The Balaban J connectivity index is 1.56. The van der Waals surface area contributed by atoms with E-state index in [0.29, 0.717) is 35.6 Å². The summed E-state index contributed by atoms with van der Waals surface area (Å²) in [5, 5.41) is 3.32. The van der Waals surface area contributed by atoms with Crippen LogP contribution in [0, 0.1) is 5.82 Å². The van der Waals surface area contributed by atoms with Gasteiger partial charge >= 0.3 is 5.97 Å². The molecule has 0 aromatic heterocycles. The van der Waals surface area contributed by atoms with Crippen LogP contribution in [-0.2, 0) is 20.9 Å². The van der Waals surface area contributed by atoms with E-state index in [2.05, 4.69) is 5.32 Å². The van der Waals surface area contributed by atoms with Gasteiger partial charge in [-0.25, -0.2) is 9.18 Å². The maximum atomic E-state index is 13.7. The molecule has 1 aliphatic heterocycles. The molecule has 0 amide bonds. The minimum atomic E-state index is -0.627. The van der Waals surface area contributed by atoms with Crippen molar-refractivity contribution < 1.29 is 23.5 Å². The Morgan fingerprint density at radius 3 is 2.41 bits per heavy atom. The van der Waals surface area contributed by atoms with Crippen LogP contribution in [-0.4, -0.2) is 18.9 Å². The van der Waals surface area contributed by atoms with Crippen molar-refractivity contribution in [3.05, 3.63) is 124 Å². The fraction of sp³-hybridized carbons (Fsp3) is 0.226. The molecule has 1 N–H and O–H groups in total. The molecule has 0 saturated carbocycles. The predicted molar refractivity (Wildman–Crippen MR) is 138 cm³/mol. The number of para-hydroxylation sites is 1. The number of carbonyl (C=O) groups is 2. The van der Waals surface area contributed by atoms with Crippen LogP contribution in [0.2, 0.25) is 0 Å². The van der Waals surface area contributed by atoms with Gasteiger partial charge in [-0.3, -0.25) is 4.79 Å². The van der Waals surface area contributed by atoms with Gasteiger partial charge in [0.2, 0.25) is 0 Å². The van der Waals surface area contributed by atoms with E-state index in [0.717, 1.165) is 22.4 Å². The molecule has 0 radical (unpaired) electrons. The Labute approximate surface area is 215 Å². The molecule has 1 aliphatic carbocycles. The molecule has 0 bridgehead atoms. The summed E-state index contributed by atoms with van der Waals surface area (Å²) in [5.74, 6) is -0.967. The number of rotatable bonds is 6. The Bertz CT molecular complexity index is 1390. The highest BCUT2D eigenvalue weighted by molar-refractivity contribution is 6.04. The summed E-state index contributed by atoms with van der Waals surface area (Å²) in [6.45, 7) is 2.17. The zero-order valence-corrected chi connectivity index (χ0v) is 20.8. The fourth-order valence-corrected chi connectivity index (χ4v) is 5.29. The monoisotopic (exact) mass is 497 g/mol. The van der Waals surface area contributed by atoms with Crippen molar-refractivity contribution in [2.24, 2.45) is 0 Å². The average Bonchev–Trinajstić information content (AvgIpc) is 2.92. The minimum absolute atomic E-state index is 0.0557. The largest absolute Gasteiger partial charge is 0.489 e. The van der Waals surface area contributed by atoms with Crippen LogP contribution in [0.25, 0.3) is 0 Å². The summed E-state index contributed by atoms with van der Waals surface area (Å²) in [6, 6.07) is 23.6. The first-order valence-corrected chi connectivity index (χ1v) is 12.3. The molecule has 0 fully saturated rings. The summed E-state index contributed by atoms with van der Waals surface area (Å²) in [4.78, 5) is 26.7. The van der Waals surface area contributed by atoms with Crippen LogP contribution in [0.1, 0.15) is 48.3 Å². The molecule has 1 heterocycles. The molecule has 3 aromatic carbocycles. The maximum Gasteiger partial charge on any atom is 0.336 e. The number of hydrogen-bond donors (Lipinski definition) is 1. The van der Waals surface area contributed by atoms with Gasteiger partial charge in [-0.2, -0.15) is 0 Å². The number of methoxy groups -OCH3 is 1. The first-order valence-electron chi connectivity index (χ1n) is 12.3. The van der Waals surface area contributed by atoms with Gasteiger partial charge in [-0.1, -0.05) is 60.7 Å². The summed E-state index contributed by atoms with van der Waals surface area (Å²) in [7, 11) is 1.34. The lowest BCUT2D eigenvalue weighted by Crippen LogP contribution is -2.36. The van der Waals surface area contributed by atoms with E-state index in [4.69, 9.17) is 9.47 Å². The van der Waals surface area contributed by atoms with E-state index < -0.39 is 11.9 Å². The number of Topliss-reactive ketones (excluding diaryl/α,β-unsaturated/α-hetero) is 1. The zero-order chi connectivity index (χ0) is 25.9. The lowest BCUT2D eigenvalue weighted by Gasteiger charge is -2.37. The fourth-order valence-electron chi connectivity index (χ4n) is 5.29. The summed E-state index contributed by atoms with van der Waals surface area (Å²) >= 11 is 0. The second kappa shape index (κ2) is 10.4. The second-order valence-electron chi connectivity index (χ2n) is 9.37. The molecule has 6 heteroatoms. The first-order chi connectivity index (χ1) is 18.0. The van der Waals surface area contributed by atoms with Gasteiger partial charge in [-0.15, -0.1) is 0 Å². The Hall–Kier alpha value is -4.19.